The van der Waals surface area contributed by atoms with Crippen LogP contribution in [0.5, 0.6) is 0 Å². The summed E-state index contributed by atoms with van der Waals surface area (Å²) in [5, 5.41) is 0.964. The fourth-order valence-corrected chi connectivity index (χ4v) is 2.60. The van der Waals surface area contributed by atoms with E-state index in [9.17, 15) is 4.79 Å². The summed E-state index contributed by atoms with van der Waals surface area (Å²) in [6, 6.07) is 4.91. The van der Waals surface area contributed by atoms with Gasteiger partial charge >= 0.3 is 0 Å². The predicted molar refractivity (Wildman–Crippen MR) is 69.5 cm³/mol. The first-order chi connectivity index (χ1) is 8.10. The highest BCUT2D eigenvalue weighted by atomic mass is 35.5. The molecule has 1 atom stereocenters. The number of rotatable bonds is 2. The van der Waals surface area contributed by atoms with Crippen LogP contribution in [0.3, 0.4) is 0 Å². The number of carbonyl (C=O) groups excluding carboxylic acids is 1. The van der Waals surface area contributed by atoms with Gasteiger partial charge in [0.2, 0.25) is 0 Å². The smallest absolute Gasteiger partial charge is 0.253 e. The van der Waals surface area contributed by atoms with Crippen molar-refractivity contribution in [3.8, 4) is 0 Å². The highest BCUT2D eigenvalue weighted by Gasteiger charge is 2.26. The summed E-state index contributed by atoms with van der Waals surface area (Å²) in [4.78, 5) is 14.0. The van der Waals surface area contributed by atoms with Crippen LogP contribution in [0.15, 0.2) is 18.2 Å². The molecule has 1 aliphatic rings. The molecular formula is C12H14Cl2N2O. The van der Waals surface area contributed by atoms with Gasteiger partial charge in [-0.05, 0) is 37.1 Å². The van der Waals surface area contributed by atoms with E-state index in [2.05, 4.69) is 0 Å². The van der Waals surface area contributed by atoms with Gasteiger partial charge in [-0.1, -0.05) is 23.2 Å². The molecule has 1 saturated heterocycles. The van der Waals surface area contributed by atoms with Crippen LogP contribution in [0, 0.1) is 5.92 Å². The van der Waals surface area contributed by atoms with Crippen molar-refractivity contribution in [2.75, 3.05) is 19.6 Å². The summed E-state index contributed by atoms with van der Waals surface area (Å²) < 4.78 is 0. The highest BCUT2D eigenvalue weighted by molar-refractivity contribution is 6.35. The number of halogens is 2. The maximum absolute atomic E-state index is 12.2. The van der Waals surface area contributed by atoms with Gasteiger partial charge in [-0.3, -0.25) is 4.79 Å². The number of hydrogen-bond donors (Lipinski definition) is 1. The largest absolute Gasteiger partial charge is 0.338 e. The molecule has 0 aliphatic carbocycles. The zero-order chi connectivity index (χ0) is 12.4. The third-order valence-corrected chi connectivity index (χ3v) is 3.45. The van der Waals surface area contributed by atoms with Crippen molar-refractivity contribution in [1.82, 2.24) is 4.90 Å². The fourth-order valence-electron chi connectivity index (χ4n) is 2.07. The lowest BCUT2D eigenvalue weighted by Crippen LogP contribution is -2.29. The molecule has 0 aromatic heterocycles. The van der Waals surface area contributed by atoms with Crippen LogP contribution in [0.2, 0.25) is 10.0 Å². The van der Waals surface area contributed by atoms with E-state index >= 15 is 0 Å². The standard InChI is InChI=1S/C12H14Cl2N2O/c13-10-3-9(4-11(14)5-10)12(17)16-2-1-8(6-15)7-16/h3-5,8H,1-2,6-7,15H2. The lowest BCUT2D eigenvalue weighted by atomic mass is 10.1. The van der Waals surface area contributed by atoms with Crippen LogP contribution in [0.1, 0.15) is 16.8 Å². The Labute approximate surface area is 110 Å². The molecule has 2 N–H and O–H groups in total. The van der Waals surface area contributed by atoms with E-state index in [1.165, 1.54) is 0 Å². The molecule has 1 unspecified atom stereocenters. The Morgan fingerprint density at radius 3 is 2.53 bits per heavy atom. The van der Waals surface area contributed by atoms with Crippen molar-refractivity contribution in [2.24, 2.45) is 11.7 Å². The average molecular weight is 273 g/mol. The van der Waals surface area contributed by atoms with E-state index in [1.807, 2.05) is 0 Å². The summed E-state index contributed by atoms with van der Waals surface area (Å²) >= 11 is 11.8. The van der Waals surface area contributed by atoms with Gasteiger partial charge in [-0.15, -0.1) is 0 Å². The first-order valence-electron chi connectivity index (χ1n) is 5.55. The second-order valence-electron chi connectivity index (χ2n) is 4.30. The van der Waals surface area contributed by atoms with E-state index in [4.69, 9.17) is 28.9 Å². The first-order valence-corrected chi connectivity index (χ1v) is 6.31. The Kier molecular flexibility index (Phi) is 3.92. The van der Waals surface area contributed by atoms with Crippen LogP contribution in [-0.2, 0) is 0 Å². The second-order valence-corrected chi connectivity index (χ2v) is 5.17. The molecule has 0 radical (unpaired) electrons. The number of nitrogens with two attached hydrogens (primary N) is 1. The Morgan fingerprint density at radius 1 is 1.35 bits per heavy atom. The molecule has 1 aromatic carbocycles. The summed E-state index contributed by atoms with van der Waals surface area (Å²) in [5.41, 5.74) is 6.14. The number of amides is 1. The molecule has 0 bridgehead atoms. The highest BCUT2D eigenvalue weighted by Crippen LogP contribution is 2.22. The van der Waals surface area contributed by atoms with Gasteiger partial charge < -0.3 is 10.6 Å². The first kappa shape index (κ1) is 12.7. The van der Waals surface area contributed by atoms with Crippen LogP contribution in [0.4, 0.5) is 0 Å². The van der Waals surface area contributed by atoms with Crippen molar-refractivity contribution < 1.29 is 4.79 Å². The maximum atomic E-state index is 12.2. The van der Waals surface area contributed by atoms with E-state index in [1.54, 1.807) is 23.1 Å². The molecule has 92 valence electrons. The Bertz CT molecular complexity index is 416. The number of nitrogens with zero attached hydrogens (tertiary/aromatic N) is 1. The minimum atomic E-state index is -0.0228. The van der Waals surface area contributed by atoms with Gasteiger partial charge in [0.15, 0.2) is 0 Å². The van der Waals surface area contributed by atoms with Crippen molar-refractivity contribution in [1.29, 1.82) is 0 Å². The van der Waals surface area contributed by atoms with E-state index in [0.29, 0.717) is 28.1 Å². The molecule has 5 heteroatoms. The number of carbonyl (C=O) groups is 1. The molecule has 0 saturated carbocycles. The van der Waals surface area contributed by atoms with Gasteiger partial charge in [-0.25, -0.2) is 0 Å². The molecular weight excluding hydrogens is 259 g/mol. The molecule has 1 amide bonds. The molecule has 3 nitrogen and oxygen atoms in total. The maximum Gasteiger partial charge on any atom is 0.253 e. The van der Waals surface area contributed by atoms with Crippen LogP contribution >= 0.6 is 23.2 Å². The molecule has 1 heterocycles. The lowest BCUT2D eigenvalue weighted by Gasteiger charge is -2.16. The second kappa shape index (κ2) is 5.25. The zero-order valence-corrected chi connectivity index (χ0v) is 10.8. The van der Waals surface area contributed by atoms with E-state index < -0.39 is 0 Å². The van der Waals surface area contributed by atoms with Crippen molar-refractivity contribution in [3.05, 3.63) is 33.8 Å². The van der Waals surface area contributed by atoms with Gasteiger partial charge in [0, 0.05) is 28.7 Å². The Hall–Kier alpha value is -0.770. The summed E-state index contributed by atoms with van der Waals surface area (Å²) in [5.74, 6) is 0.388. The zero-order valence-electron chi connectivity index (χ0n) is 9.33. The van der Waals surface area contributed by atoms with E-state index in [0.717, 1.165) is 19.5 Å². The lowest BCUT2D eigenvalue weighted by molar-refractivity contribution is 0.0787. The Morgan fingerprint density at radius 2 is 2.00 bits per heavy atom. The van der Waals surface area contributed by atoms with E-state index in [-0.39, 0.29) is 5.91 Å². The predicted octanol–water partition coefficient (Wildman–Crippen LogP) is 2.41. The summed E-state index contributed by atoms with van der Waals surface area (Å²) in [7, 11) is 0. The summed E-state index contributed by atoms with van der Waals surface area (Å²) in [6.45, 7) is 2.10. The van der Waals surface area contributed by atoms with Gasteiger partial charge in [0.05, 0.1) is 0 Å². The third-order valence-electron chi connectivity index (χ3n) is 3.02. The minimum absolute atomic E-state index is 0.0228. The SMILES string of the molecule is NCC1CCN(C(=O)c2cc(Cl)cc(Cl)c2)C1. The molecule has 0 spiro atoms. The van der Waals surface area contributed by atoms with Gasteiger partial charge in [-0.2, -0.15) is 0 Å². The van der Waals surface area contributed by atoms with Crippen LogP contribution in [0.25, 0.3) is 0 Å². The van der Waals surface area contributed by atoms with Crippen molar-refractivity contribution >= 4 is 29.1 Å². The number of benzene rings is 1. The van der Waals surface area contributed by atoms with Crippen molar-refractivity contribution in [3.63, 3.8) is 0 Å². The third kappa shape index (κ3) is 2.92. The molecule has 2 rings (SSSR count). The quantitative estimate of drug-likeness (QED) is 0.899. The average Bonchev–Trinajstić information content (AvgIpc) is 2.75. The van der Waals surface area contributed by atoms with Gasteiger partial charge in [0.1, 0.15) is 0 Å². The van der Waals surface area contributed by atoms with Crippen molar-refractivity contribution in [2.45, 2.75) is 6.42 Å². The molecule has 1 fully saturated rings. The monoisotopic (exact) mass is 272 g/mol. The van der Waals surface area contributed by atoms with Gasteiger partial charge in [0.25, 0.3) is 5.91 Å². The normalized spacial score (nSPS) is 19.7. The Balaban J connectivity index is 2.14. The molecule has 1 aliphatic heterocycles. The molecule has 1 aromatic rings. The number of likely N-dealkylation sites (tertiary alicyclic amines) is 1. The van der Waals surface area contributed by atoms with Crippen LogP contribution in [-0.4, -0.2) is 30.4 Å². The number of hydrogen-bond acceptors (Lipinski definition) is 2. The minimum Gasteiger partial charge on any atom is -0.338 e. The topological polar surface area (TPSA) is 46.3 Å². The summed E-state index contributed by atoms with van der Waals surface area (Å²) in [6.07, 6.45) is 0.969. The fraction of sp³-hybridized carbons (Fsp3) is 0.417. The molecule has 17 heavy (non-hydrogen) atoms. The van der Waals surface area contributed by atoms with Crippen LogP contribution < -0.4 is 5.73 Å².